The van der Waals surface area contributed by atoms with E-state index in [-0.39, 0.29) is 4.90 Å². The number of hydrogen-bond acceptors (Lipinski definition) is 3. The van der Waals surface area contributed by atoms with Crippen molar-refractivity contribution in [3.05, 3.63) is 39.6 Å². The van der Waals surface area contributed by atoms with Gasteiger partial charge in [-0.3, -0.25) is 9.40 Å². The Labute approximate surface area is 133 Å². The van der Waals surface area contributed by atoms with Crippen LogP contribution in [0, 0.1) is 13.8 Å². The van der Waals surface area contributed by atoms with Gasteiger partial charge < -0.3 is 0 Å². The van der Waals surface area contributed by atoms with Crippen LogP contribution >= 0.6 is 15.9 Å². The molecular weight excluding hydrogens is 354 g/mol. The van der Waals surface area contributed by atoms with Gasteiger partial charge >= 0.3 is 0 Å². The fourth-order valence-corrected chi connectivity index (χ4v) is 4.24. The summed E-state index contributed by atoms with van der Waals surface area (Å²) in [6.07, 6.45) is 0.738. The second-order valence-electron chi connectivity index (χ2n) is 4.88. The van der Waals surface area contributed by atoms with E-state index in [2.05, 4.69) is 25.8 Å². The van der Waals surface area contributed by atoms with E-state index < -0.39 is 10.0 Å². The molecule has 0 saturated heterocycles. The van der Waals surface area contributed by atoms with Crippen LogP contribution in [0.3, 0.4) is 0 Å². The average Bonchev–Trinajstić information content (AvgIpc) is 2.65. The second kappa shape index (κ2) is 5.81. The minimum Gasteiger partial charge on any atom is -0.279 e. The van der Waals surface area contributed by atoms with E-state index in [9.17, 15) is 8.42 Å². The highest BCUT2D eigenvalue weighted by atomic mass is 79.9. The molecule has 7 heteroatoms. The van der Waals surface area contributed by atoms with Gasteiger partial charge in [-0.1, -0.05) is 22.9 Å². The van der Waals surface area contributed by atoms with E-state index in [0.717, 1.165) is 16.5 Å². The van der Waals surface area contributed by atoms with Crippen LogP contribution in [0.4, 0.5) is 5.69 Å². The van der Waals surface area contributed by atoms with E-state index in [1.165, 1.54) is 0 Å². The van der Waals surface area contributed by atoms with Crippen molar-refractivity contribution < 1.29 is 8.42 Å². The van der Waals surface area contributed by atoms with Crippen LogP contribution in [0.5, 0.6) is 0 Å². The van der Waals surface area contributed by atoms with Gasteiger partial charge in [-0.25, -0.2) is 8.42 Å². The van der Waals surface area contributed by atoms with Crippen molar-refractivity contribution in [1.82, 2.24) is 9.78 Å². The zero-order valence-electron chi connectivity index (χ0n) is 12.4. The molecule has 1 aromatic carbocycles. The maximum Gasteiger partial charge on any atom is 0.265 e. The number of rotatable bonds is 4. The Hall–Kier alpha value is -1.34. The van der Waals surface area contributed by atoms with Crippen molar-refractivity contribution in [1.29, 1.82) is 0 Å². The molecule has 0 unspecified atom stereocenters. The van der Waals surface area contributed by atoms with Gasteiger partial charge in [0, 0.05) is 11.5 Å². The average molecular weight is 372 g/mol. The molecule has 0 atom stereocenters. The molecule has 0 aliphatic heterocycles. The van der Waals surface area contributed by atoms with Crippen LogP contribution < -0.4 is 4.72 Å². The highest BCUT2D eigenvalue weighted by Crippen LogP contribution is 2.26. The lowest BCUT2D eigenvalue weighted by Gasteiger charge is -2.12. The number of anilines is 1. The van der Waals surface area contributed by atoms with Gasteiger partial charge in [0.1, 0.15) is 4.90 Å². The summed E-state index contributed by atoms with van der Waals surface area (Å²) in [6.45, 7) is 5.43. The molecule has 114 valence electrons. The van der Waals surface area contributed by atoms with Crippen molar-refractivity contribution in [2.75, 3.05) is 4.72 Å². The summed E-state index contributed by atoms with van der Waals surface area (Å²) in [5.41, 5.74) is 2.66. The summed E-state index contributed by atoms with van der Waals surface area (Å²) in [5, 5.41) is 4.17. The van der Waals surface area contributed by atoms with Crippen molar-refractivity contribution >= 4 is 31.6 Å². The Morgan fingerprint density at radius 1 is 1.33 bits per heavy atom. The van der Waals surface area contributed by atoms with Gasteiger partial charge in [0.2, 0.25) is 0 Å². The van der Waals surface area contributed by atoms with Crippen LogP contribution in [-0.4, -0.2) is 18.2 Å². The molecule has 1 aromatic heterocycles. The number of nitrogens with one attached hydrogen (secondary N) is 1. The van der Waals surface area contributed by atoms with Crippen LogP contribution in [0.1, 0.15) is 23.9 Å². The third-order valence-corrected chi connectivity index (χ3v) is 5.51. The molecule has 0 aliphatic rings. The zero-order chi connectivity index (χ0) is 15.8. The Balaban J connectivity index is 2.47. The molecule has 0 amide bonds. The molecule has 0 bridgehead atoms. The Bertz CT molecular complexity index is 782. The monoisotopic (exact) mass is 371 g/mol. The number of nitrogens with zero attached hydrogens (tertiary/aromatic N) is 2. The van der Waals surface area contributed by atoms with Gasteiger partial charge in [0.05, 0.1) is 17.1 Å². The Morgan fingerprint density at radius 3 is 2.52 bits per heavy atom. The molecule has 0 radical (unpaired) electrons. The smallest absolute Gasteiger partial charge is 0.265 e. The Morgan fingerprint density at radius 2 is 2.00 bits per heavy atom. The predicted molar refractivity (Wildman–Crippen MR) is 87.0 cm³/mol. The predicted octanol–water partition coefficient (Wildman–Crippen LogP) is 3.16. The summed E-state index contributed by atoms with van der Waals surface area (Å²) in [5.74, 6) is 0. The molecule has 1 heterocycles. The largest absolute Gasteiger partial charge is 0.279 e. The topological polar surface area (TPSA) is 64.0 Å². The van der Waals surface area contributed by atoms with E-state index in [1.807, 2.05) is 19.1 Å². The SMILES string of the molecule is CCc1cc(Br)ccc1NS(=O)(=O)c1c(C)nn(C)c1C. The summed E-state index contributed by atoms with van der Waals surface area (Å²) < 4.78 is 30.4. The molecular formula is C14H18BrN3O2S. The van der Waals surface area contributed by atoms with Gasteiger partial charge in [0.15, 0.2) is 0 Å². The summed E-state index contributed by atoms with van der Waals surface area (Å²) in [7, 11) is -1.91. The lowest BCUT2D eigenvalue weighted by molar-refractivity contribution is 0.599. The quantitative estimate of drug-likeness (QED) is 0.897. The van der Waals surface area contributed by atoms with Crippen LogP contribution in [0.15, 0.2) is 27.6 Å². The maximum absolute atomic E-state index is 12.6. The first kappa shape index (κ1) is 16.0. The van der Waals surface area contributed by atoms with Crippen LogP contribution in [-0.2, 0) is 23.5 Å². The molecule has 0 fully saturated rings. The molecule has 0 aliphatic carbocycles. The van der Waals surface area contributed by atoms with Crippen molar-refractivity contribution in [2.45, 2.75) is 32.1 Å². The number of sulfonamides is 1. The molecule has 2 aromatic rings. The van der Waals surface area contributed by atoms with E-state index >= 15 is 0 Å². The Kier molecular flexibility index (Phi) is 4.43. The van der Waals surface area contributed by atoms with Crippen molar-refractivity contribution in [3.8, 4) is 0 Å². The van der Waals surface area contributed by atoms with Crippen molar-refractivity contribution in [2.24, 2.45) is 7.05 Å². The zero-order valence-corrected chi connectivity index (χ0v) is 14.8. The normalized spacial score (nSPS) is 11.7. The fraction of sp³-hybridized carbons (Fsp3) is 0.357. The van der Waals surface area contributed by atoms with Crippen molar-refractivity contribution in [3.63, 3.8) is 0 Å². The number of benzene rings is 1. The first-order chi connectivity index (χ1) is 9.76. The lowest BCUT2D eigenvalue weighted by atomic mass is 10.1. The van der Waals surface area contributed by atoms with E-state index in [0.29, 0.717) is 17.1 Å². The number of aromatic nitrogens is 2. The highest BCUT2D eigenvalue weighted by molar-refractivity contribution is 9.10. The summed E-state index contributed by atoms with van der Waals surface area (Å²) >= 11 is 3.40. The highest BCUT2D eigenvalue weighted by Gasteiger charge is 2.24. The fourth-order valence-electron chi connectivity index (χ4n) is 2.29. The van der Waals surface area contributed by atoms with Gasteiger partial charge in [0.25, 0.3) is 10.0 Å². The third-order valence-electron chi connectivity index (χ3n) is 3.40. The number of aryl methyl sites for hydroxylation is 3. The molecule has 0 spiro atoms. The molecule has 21 heavy (non-hydrogen) atoms. The summed E-state index contributed by atoms with van der Waals surface area (Å²) in [4.78, 5) is 0.245. The minimum absolute atomic E-state index is 0.245. The first-order valence-electron chi connectivity index (χ1n) is 6.57. The minimum atomic E-state index is -3.65. The van der Waals surface area contributed by atoms with Crippen LogP contribution in [0.25, 0.3) is 0 Å². The molecule has 5 nitrogen and oxygen atoms in total. The first-order valence-corrected chi connectivity index (χ1v) is 8.85. The van der Waals surface area contributed by atoms with E-state index in [1.54, 1.807) is 31.6 Å². The van der Waals surface area contributed by atoms with Gasteiger partial charge in [-0.15, -0.1) is 0 Å². The van der Waals surface area contributed by atoms with Crippen LogP contribution in [0.2, 0.25) is 0 Å². The van der Waals surface area contributed by atoms with Gasteiger partial charge in [-0.05, 0) is 44.0 Å². The number of hydrogen-bond donors (Lipinski definition) is 1. The second-order valence-corrected chi connectivity index (χ2v) is 7.42. The van der Waals surface area contributed by atoms with Gasteiger partial charge in [-0.2, -0.15) is 5.10 Å². The molecule has 0 saturated carbocycles. The standard InChI is InChI=1S/C14H18BrN3O2S/c1-5-11-8-12(15)6-7-13(11)17-21(19,20)14-9(2)16-18(4)10(14)3/h6-8,17H,5H2,1-4H3. The molecule has 2 rings (SSSR count). The molecule has 1 N–H and O–H groups in total. The maximum atomic E-state index is 12.6. The summed E-state index contributed by atoms with van der Waals surface area (Å²) in [6, 6.07) is 5.50. The van der Waals surface area contributed by atoms with E-state index in [4.69, 9.17) is 0 Å². The number of halogens is 1. The third kappa shape index (κ3) is 3.13. The lowest BCUT2D eigenvalue weighted by Crippen LogP contribution is -2.16.